The van der Waals surface area contributed by atoms with E-state index in [0.717, 1.165) is 18.1 Å². The number of nitrogens with zero attached hydrogens (tertiary/aromatic N) is 2. The minimum atomic E-state index is 0.637. The minimum absolute atomic E-state index is 0.637. The first kappa shape index (κ1) is 12.4. The van der Waals surface area contributed by atoms with Gasteiger partial charge in [-0.2, -0.15) is 4.98 Å². The quantitative estimate of drug-likeness (QED) is 0.752. The highest BCUT2D eigenvalue weighted by atomic mass is 15.1. The zero-order valence-corrected chi connectivity index (χ0v) is 11.3. The first-order chi connectivity index (χ1) is 9.85. The van der Waals surface area contributed by atoms with Crippen LogP contribution in [0.25, 0.3) is 10.8 Å². The molecule has 0 atom stereocenters. The summed E-state index contributed by atoms with van der Waals surface area (Å²) in [7, 11) is 0. The Balaban J connectivity index is 1.87. The van der Waals surface area contributed by atoms with Gasteiger partial charge in [0, 0.05) is 18.4 Å². The summed E-state index contributed by atoms with van der Waals surface area (Å²) in [5.41, 5.74) is 1.02. The first-order valence-corrected chi connectivity index (χ1v) is 6.68. The summed E-state index contributed by atoms with van der Waals surface area (Å²) >= 11 is 0. The standard InChI is InChI=1S/C16H16N4/c1-2-17-16-18-10-9-15(20-16)19-14-8-7-12-5-3-4-6-13(12)11-14/h3-11H,2H2,1H3,(H2,17,18,19,20). The van der Waals surface area contributed by atoms with E-state index in [1.165, 1.54) is 10.8 Å². The Kier molecular flexibility index (Phi) is 3.46. The van der Waals surface area contributed by atoms with Crippen LogP contribution in [0.2, 0.25) is 0 Å². The summed E-state index contributed by atoms with van der Waals surface area (Å²) in [6.07, 6.45) is 1.74. The molecule has 4 nitrogen and oxygen atoms in total. The van der Waals surface area contributed by atoms with E-state index in [9.17, 15) is 0 Å². The molecule has 20 heavy (non-hydrogen) atoms. The second-order valence-electron chi connectivity index (χ2n) is 4.48. The average Bonchev–Trinajstić information content (AvgIpc) is 2.48. The fraction of sp³-hybridized carbons (Fsp3) is 0.125. The van der Waals surface area contributed by atoms with E-state index in [4.69, 9.17) is 0 Å². The summed E-state index contributed by atoms with van der Waals surface area (Å²) < 4.78 is 0. The maximum Gasteiger partial charge on any atom is 0.224 e. The second-order valence-corrected chi connectivity index (χ2v) is 4.48. The molecule has 0 saturated carbocycles. The van der Waals surface area contributed by atoms with Crippen molar-refractivity contribution >= 4 is 28.2 Å². The van der Waals surface area contributed by atoms with E-state index >= 15 is 0 Å². The van der Waals surface area contributed by atoms with Crippen molar-refractivity contribution in [1.82, 2.24) is 9.97 Å². The third-order valence-electron chi connectivity index (χ3n) is 3.01. The minimum Gasteiger partial charge on any atom is -0.354 e. The predicted octanol–water partition coefficient (Wildman–Crippen LogP) is 3.81. The molecule has 0 radical (unpaired) electrons. The lowest BCUT2D eigenvalue weighted by Gasteiger charge is -2.08. The van der Waals surface area contributed by atoms with Crippen LogP contribution in [0.5, 0.6) is 0 Å². The highest BCUT2D eigenvalue weighted by molar-refractivity contribution is 5.86. The lowest BCUT2D eigenvalue weighted by molar-refractivity contribution is 1.09. The van der Waals surface area contributed by atoms with Crippen LogP contribution in [0.4, 0.5) is 17.5 Å². The van der Waals surface area contributed by atoms with E-state index in [-0.39, 0.29) is 0 Å². The van der Waals surface area contributed by atoms with Crippen LogP contribution in [-0.2, 0) is 0 Å². The zero-order chi connectivity index (χ0) is 13.8. The Hall–Kier alpha value is -2.62. The number of hydrogen-bond donors (Lipinski definition) is 2. The molecular formula is C16H16N4. The predicted molar refractivity (Wildman–Crippen MR) is 83.4 cm³/mol. The molecule has 0 saturated heterocycles. The van der Waals surface area contributed by atoms with Crippen LogP contribution in [-0.4, -0.2) is 16.5 Å². The smallest absolute Gasteiger partial charge is 0.224 e. The molecular weight excluding hydrogens is 248 g/mol. The van der Waals surface area contributed by atoms with E-state index in [1.807, 2.05) is 25.1 Å². The summed E-state index contributed by atoms with van der Waals surface area (Å²) in [6, 6.07) is 16.4. The monoisotopic (exact) mass is 264 g/mol. The largest absolute Gasteiger partial charge is 0.354 e. The van der Waals surface area contributed by atoms with Gasteiger partial charge in [-0.15, -0.1) is 0 Å². The van der Waals surface area contributed by atoms with Crippen molar-refractivity contribution in [2.24, 2.45) is 0 Å². The lowest BCUT2D eigenvalue weighted by Crippen LogP contribution is -2.03. The molecule has 0 aliphatic heterocycles. The molecule has 3 aromatic rings. The number of nitrogens with one attached hydrogen (secondary N) is 2. The summed E-state index contributed by atoms with van der Waals surface area (Å²) in [4.78, 5) is 8.56. The van der Waals surface area contributed by atoms with E-state index < -0.39 is 0 Å². The van der Waals surface area contributed by atoms with Crippen molar-refractivity contribution in [3.63, 3.8) is 0 Å². The van der Waals surface area contributed by atoms with Gasteiger partial charge in [-0.3, -0.25) is 0 Å². The molecule has 2 aromatic carbocycles. The molecule has 0 fully saturated rings. The fourth-order valence-corrected chi connectivity index (χ4v) is 2.09. The topological polar surface area (TPSA) is 49.8 Å². The van der Waals surface area contributed by atoms with Crippen LogP contribution in [0.15, 0.2) is 54.7 Å². The van der Waals surface area contributed by atoms with Gasteiger partial charge in [0.15, 0.2) is 0 Å². The molecule has 0 spiro atoms. The highest BCUT2D eigenvalue weighted by Crippen LogP contribution is 2.21. The summed E-state index contributed by atoms with van der Waals surface area (Å²) in [5.74, 6) is 1.42. The molecule has 0 aliphatic rings. The number of fused-ring (bicyclic) bond motifs is 1. The lowest BCUT2D eigenvalue weighted by atomic mass is 10.1. The molecule has 0 aliphatic carbocycles. The van der Waals surface area contributed by atoms with Crippen LogP contribution in [0.3, 0.4) is 0 Å². The Labute approximate surface area is 117 Å². The Morgan fingerprint density at radius 2 is 1.85 bits per heavy atom. The van der Waals surface area contributed by atoms with Gasteiger partial charge in [-0.05, 0) is 35.9 Å². The van der Waals surface area contributed by atoms with Crippen LogP contribution in [0.1, 0.15) is 6.92 Å². The van der Waals surface area contributed by atoms with Gasteiger partial charge >= 0.3 is 0 Å². The molecule has 100 valence electrons. The van der Waals surface area contributed by atoms with E-state index in [0.29, 0.717) is 5.95 Å². The van der Waals surface area contributed by atoms with Crippen molar-refractivity contribution in [1.29, 1.82) is 0 Å². The molecule has 1 aromatic heterocycles. The van der Waals surface area contributed by atoms with Crippen molar-refractivity contribution in [2.75, 3.05) is 17.2 Å². The maximum atomic E-state index is 4.40. The maximum absolute atomic E-state index is 4.40. The molecule has 1 heterocycles. The molecule has 0 amide bonds. The van der Waals surface area contributed by atoms with Gasteiger partial charge in [-0.25, -0.2) is 4.98 Å². The number of hydrogen-bond acceptors (Lipinski definition) is 4. The van der Waals surface area contributed by atoms with Gasteiger partial charge in [-0.1, -0.05) is 30.3 Å². The summed E-state index contributed by atoms with van der Waals surface area (Å²) in [6.45, 7) is 2.83. The Morgan fingerprint density at radius 1 is 1.00 bits per heavy atom. The van der Waals surface area contributed by atoms with Gasteiger partial charge in [0.05, 0.1) is 0 Å². The third kappa shape index (κ3) is 2.69. The normalized spacial score (nSPS) is 10.4. The second kappa shape index (κ2) is 5.57. The average molecular weight is 264 g/mol. The number of benzene rings is 2. The van der Waals surface area contributed by atoms with Crippen LogP contribution in [0, 0.1) is 0 Å². The highest BCUT2D eigenvalue weighted by Gasteiger charge is 2.00. The Bertz CT molecular complexity index is 724. The molecule has 0 bridgehead atoms. The van der Waals surface area contributed by atoms with Gasteiger partial charge in [0.2, 0.25) is 5.95 Å². The van der Waals surface area contributed by atoms with Gasteiger partial charge < -0.3 is 10.6 Å². The SMILES string of the molecule is CCNc1nccc(Nc2ccc3ccccc3c2)n1. The number of aromatic nitrogens is 2. The Morgan fingerprint density at radius 3 is 2.70 bits per heavy atom. The van der Waals surface area contributed by atoms with E-state index in [2.05, 4.69) is 50.9 Å². The van der Waals surface area contributed by atoms with Crippen molar-refractivity contribution in [2.45, 2.75) is 6.92 Å². The summed E-state index contributed by atoms with van der Waals surface area (Å²) in [5, 5.41) is 8.84. The van der Waals surface area contributed by atoms with Crippen LogP contribution < -0.4 is 10.6 Å². The molecule has 0 unspecified atom stereocenters. The fourth-order valence-electron chi connectivity index (χ4n) is 2.09. The molecule has 4 heteroatoms. The van der Waals surface area contributed by atoms with Crippen molar-refractivity contribution < 1.29 is 0 Å². The molecule has 3 rings (SSSR count). The number of anilines is 3. The third-order valence-corrected chi connectivity index (χ3v) is 3.01. The zero-order valence-electron chi connectivity index (χ0n) is 11.3. The molecule has 2 N–H and O–H groups in total. The van der Waals surface area contributed by atoms with Crippen molar-refractivity contribution in [3.05, 3.63) is 54.7 Å². The first-order valence-electron chi connectivity index (χ1n) is 6.68. The van der Waals surface area contributed by atoms with Gasteiger partial charge in [0.25, 0.3) is 0 Å². The van der Waals surface area contributed by atoms with Gasteiger partial charge in [0.1, 0.15) is 5.82 Å². The number of rotatable bonds is 4. The van der Waals surface area contributed by atoms with Crippen LogP contribution >= 0.6 is 0 Å². The van der Waals surface area contributed by atoms with Crippen molar-refractivity contribution in [3.8, 4) is 0 Å². The van der Waals surface area contributed by atoms with E-state index in [1.54, 1.807) is 6.20 Å².